The van der Waals surface area contributed by atoms with Crippen molar-refractivity contribution in [3.05, 3.63) is 0 Å². The van der Waals surface area contributed by atoms with Gasteiger partial charge >= 0.3 is 0 Å². The lowest BCUT2D eigenvalue weighted by Crippen LogP contribution is -2.07. The smallest absolute Gasteiger partial charge is 0.0386 e. The maximum atomic E-state index is 1.56. The highest BCUT2D eigenvalue weighted by atomic mass is 14.3. The van der Waals surface area contributed by atoms with Gasteiger partial charge in [-0.05, 0) is 11.8 Å². The minimum Gasteiger partial charge on any atom is -0.0533 e. The summed E-state index contributed by atoms with van der Waals surface area (Å²) in [6.45, 7) is 0. The SMILES string of the molecule is C1CCCCC2CCCC2CCCC1. The van der Waals surface area contributed by atoms with Crippen molar-refractivity contribution < 1.29 is 0 Å². The van der Waals surface area contributed by atoms with Gasteiger partial charge in [0.1, 0.15) is 0 Å². The van der Waals surface area contributed by atoms with Gasteiger partial charge in [0.25, 0.3) is 0 Å². The zero-order valence-corrected chi connectivity index (χ0v) is 9.64. The third kappa shape index (κ3) is 3.00. The zero-order chi connectivity index (χ0) is 9.64. The molecule has 0 amide bonds. The molecule has 2 rings (SSSR count). The number of hydrogen-bond acceptors (Lipinski definition) is 0. The highest BCUT2D eigenvalue weighted by Gasteiger charge is 2.26. The molecular formula is C14H26. The fourth-order valence-corrected chi connectivity index (χ4v) is 3.57. The van der Waals surface area contributed by atoms with Gasteiger partial charge in [-0.25, -0.2) is 0 Å². The lowest BCUT2D eigenvalue weighted by molar-refractivity contribution is 0.328. The van der Waals surface area contributed by atoms with E-state index in [9.17, 15) is 0 Å². The van der Waals surface area contributed by atoms with Crippen LogP contribution < -0.4 is 0 Å². The summed E-state index contributed by atoms with van der Waals surface area (Å²) in [5, 5.41) is 0. The summed E-state index contributed by atoms with van der Waals surface area (Å²) in [4.78, 5) is 0. The molecule has 14 heavy (non-hydrogen) atoms. The van der Waals surface area contributed by atoms with E-state index in [2.05, 4.69) is 0 Å². The molecule has 2 aliphatic rings. The molecule has 2 unspecified atom stereocenters. The first-order valence-corrected chi connectivity index (χ1v) is 6.97. The lowest BCUT2D eigenvalue weighted by atomic mass is 9.87. The number of rotatable bonds is 0. The topological polar surface area (TPSA) is 0 Å². The zero-order valence-electron chi connectivity index (χ0n) is 9.64. The average molecular weight is 194 g/mol. The van der Waals surface area contributed by atoms with E-state index in [1.54, 1.807) is 25.7 Å². The Balaban J connectivity index is 1.80. The largest absolute Gasteiger partial charge is 0.0533 e. The molecule has 0 bridgehead atoms. The van der Waals surface area contributed by atoms with Crippen LogP contribution in [0.25, 0.3) is 0 Å². The Morgan fingerprint density at radius 1 is 0.357 bits per heavy atom. The van der Waals surface area contributed by atoms with Crippen LogP contribution in [0.15, 0.2) is 0 Å². The van der Waals surface area contributed by atoms with Gasteiger partial charge in [-0.1, -0.05) is 77.0 Å². The molecule has 0 aliphatic heterocycles. The molecule has 0 N–H and O–H groups in total. The molecule has 2 saturated carbocycles. The van der Waals surface area contributed by atoms with E-state index in [-0.39, 0.29) is 0 Å². The summed E-state index contributed by atoms with van der Waals surface area (Å²) in [6.07, 6.45) is 18.4. The van der Waals surface area contributed by atoms with Crippen molar-refractivity contribution in [1.29, 1.82) is 0 Å². The molecule has 0 aromatic rings. The van der Waals surface area contributed by atoms with Gasteiger partial charge in [0, 0.05) is 0 Å². The van der Waals surface area contributed by atoms with E-state index >= 15 is 0 Å². The van der Waals surface area contributed by atoms with E-state index < -0.39 is 0 Å². The quantitative estimate of drug-likeness (QED) is 0.513. The average Bonchev–Trinajstić information content (AvgIpc) is 2.61. The van der Waals surface area contributed by atoms with Crippen molar-refractivity contribution in [3.8, 4) is 0 Å². The van der Waals surface area contributed by atoms with Crippen molar-refractivity contribution in [1.82, 2.24) is 0 Å². The monoisotopic (exact) mass is 194 g/mol. The van der Waals surface area contributed by atoms with Crippen LogP contribution in [0.2, 0.25) is 0 Å². The van der Waals surface area contributed by atoms with Gasteiger partial charge in [0.15, 0.2) is 0 Å². The van der Waals surface area contributed by atoms with Gasteiger partial charge in [-0.2, -0.15) is 0 Å². The van der Waals surface area contributed by atoms with Crippen molar-refractivity contribution >= 4 is 0 Å². The summed E-state index contributed by atoms with van der Waals surface area (Å²) in [5.74, 6) is 2.26. The van der Waals surface area contributed by atoms with Crippen molar-refractivity contribution in [2.24, 2.45) is 11.8 Å². The Bertz CT molecular complexity index is 134. The van der Waals surface area contributed by atoms with Gasteiger partial charge in [-0.3, -0.25) is 0 Å². The predicted octanol–water partition coefficient (Wildman–Crippen LogP) is 4.93. The maximum absolute atomic E-state index is 1.56. The molecule has 2 aliphatic carbocycles. The number of hydrogen-bond donors (Lipinski definition) is 0. The fourth-order valence-electron chi connectivity index (χ4n) is 3.57. The Morgan fingerprint density at radius 2 is 0.714 bits per heavy atom. The summed E-state index contributed by atoms with van der Waals surface area (Å²) in [5.41, 5.74) is 0. The molecule has 0 heteroatoms. The molecule has 0 saturated heterocycles. The fraction of sp³-hybridized carbons (Fsp3) is 1.00. The van der Waals surface area contributed by atoms with Crippen molar-refractivity contribution in [2.45, 2.75) is 77.0 Å². The van der Waals surface area contributed by atoms with Crippen LogP contribution in [0.5, 0.6) is 0 Å². The first-order chi connectivity index (χ1) is 6.97. The Kier molecular flexibility index (Phi) is 4.34. The number of fused-ring (bicyclic) bond motifs is 1. The van der Waals surface area contributed by atoms with E-state index in [1.807, 2.05) is 0 Å². The van der Waals surface area contributed by atoms with Crippen LogP contribution in [0.1, 0.15) is 77.0 Å². The van der Waals surface area contributed by atoms with Crippen molar-refractivity contribution in [3.63, 3.8) is 0 Å². The first-order valence-electron chi connectivity index (χ1n) is 6.97. The summed E-state index contributed by atoms with van der Waals surface area (Å²) in [7, 11) is 0. The van der Waals surface area contributed by atoms with Crippen LogP contribution in [-0.2, 0) is 0 Å². The molecule has 0 aromatic heterocycles. The summed E-state index contributed by atoms with van der Waals surface area (Å²) < 4.78 is 0. The third-order valence-corrected chi connectivity index (χ3v) is 4.47. The van der Waals surface area contributed by atoms with Crippen LogP contribution in [-0.4, -0.2) is 0 Å². The first kappa shape index (κ1) is 10.5. The Morgan fingerprint density at radius 3 is 1.21 bits per heavy atom. The van der Waals surface area contributed by atoms with Crippen LogP contribution in [0, 0.1) is 11.8 Å². The van der Waals surface area contributed by atoms with E-state index in [0.717, 1.165) is 11.8 Å². The third-order valence-electron chi connectivity index (χ3n) is 4.47. The molecule has 0 heterocycles. The van der Waals surface area contributed by atoms with Gasteiger partial charge in [0.05, 0.1) is 0 Å². The summed E-state index contributed by atoms with van der Waals surface area (Å²) >= 11 is 0. The molecule has 0 radical (unpaired) electrons. The summed E-state index contributed by atoms with van der Waals surface area (Å²) in [6, 6.07) is 0. The van der Waals surface area contributed by atoms with Crippen LogP contribution in [0.4, 0.5) is 0 Å². The van der Waals surface area contributed by atoms with E-state index in [1.165, 1.54) is 51.4 Å². The maximum Gasteiger partial charge on any atom is -0.0386 e. The van der Waals surface area contributed by atoms with Gasteiger partial charge < -0.3 is 0 Å². The predicted molar refractivity (Wildman–Crippen MR) is 62.4 cm³/mol. The molecule has 2 fully saturated rings. The standard InChI is InChI=1S/C14H26/c1-2-4-6-9-13-11-8-12-14(13)10-7-5-3-1/h13-14H,1-12H2. The minimum absolute atomic E-state index is 1.13. The molecule has 0 aromatic carbocycles. The second-order valence-electron chi connectivity index (χ2n) is 5.50. The molecule has 0 nitrogen and oxygen atoms in total. The van der Waals surface area contributed by atoms with Crippen LogP contribution in [0.3, 0.4) is 0 Å². The minimum atomic E-state index is 1.13. The second kappa shape index (κ2) is 5.78. The highest BCUT2D eigenvalue weighted by Crippen LogP contribution is 2.38. The Hall–Kier alpha value is 0. The van der Waals surface area contributed by atoms with E-state index in [0.29, 0.717) is 0 Å². The van der Waals surface area contributed by atoms with Crippen LogP contribution >= 0.6 is 0 Å². The van der Waals surface area contributed by atoms with Crippen molar-refractivity contribution in [2.75, 3.05) is 0 Å². The van der Waals surface area contributed by atoms with Gasteiger partial charge in [0.2, 0.25) is 0 Å². The second-order valence-corrected chi connectivity index (χ2v) is 5.50. The molecule has 2 atom stereocenters. The molecule has 0 spiro atoms. The molecule has 82 valence electrons. The van der Waals surface area contributed by atoms with Gasteiger partial charge in [-0.15, -0.1) is 0 Å². The molecular weight excluding hydrogens is 168 g/mol. The van der Waals surface area contributed by atoms with E-state index in [4.69, 9.17) is 0 Å². The highest BCUT2D eigenvalue weighted by molar-refractivity contribution is 4.77. The normalized spacial score (nSPS) is 36.0. The lowest BCUT2D eigenvalue weighted by Gasteiger charge is -2.18. The Labute approximate surface area is 89.5 Å².